The zero-order valence-corrected chi connectivity index (χ0v) is 9.57. The van der Waals surface area contributed by atoms with Crippen LogP contribution in [0.2, 0.25) is 0 Å². The fourth-order valence-corrected chi connectivity index (χ4v) is 2.39. The second kappa shape index (κ2) is 4.52. The molecule has 2 aromatic rings. The number of aromatic carboxylic acids is 1. The van der Waals surface area contributed by atoms with E-state index >= 15 is 0 Å². The molecule has 0 bridgehead atoms. The summed E-state index contributed by atoms with van der Waals surface area (Å²) >= 11 is 1.18. The van der Waals surface area contributed by atoms with Gasteiger partial charge in [-0.1, -0.05) is 12.1 Å². The van der Waals surface area contributed by atoms with Gasteiger partial charge in [-0.3, -0.25) is 0 Å². The number of nitrogens with two attached hydrogens (primary N) is 1. The topological polar surface area (TPSA) is 96.4 Å². The van der Waals surface area contributed by atoms with Gasteiger partial charge in [-0.05, 0) is 12.1 Å². The predicted molar refractivity (Wildman–Crippen MR) is 64.1 cm³/mol. The molecule has 4 N–H and O–H groups in total. The van der Waals surface area contributed by atoms with Crippen LogP contribution in [0.1, 0.15) is 15.4 Å². The largest absolute Gasteiger partial charge is 0.507 e. The molecule has 2 rings (SSSR count). The lowest BCUT2D eigenvalue weighted by molar-refractivity contribution is 0.0690. The van der Waals surface area contributed by atoms with Crippen LogP contribution < -0.4 is 5.73 Å². The van der Waals surface area contributed by atoms with Crippen LogP contribution in [0.5, 0.6) is 5.75 Å². The summed E-state index contributed by atoms with van der Waals surface area (Å²) in [6, 6.07) is 6.65. The number of rotatable bonds is 3. The molecule has 6 heteroatoms. The Labute approximate surface area is 101 Å². The van der Waals surface area contributed by atoms with Crippen molar-refractivity contribution in [2.24, 2.45) is 5.73 Å². The minimum atomic E-state index is -1.11. The molecule has 0 saturated carbocycles. The van der Waals surface area contributed by atoms with E-state index in [1.807, 2.05) is 0 Å². The van der Waals surface area contributed by atoms with E-state index in [-0.39, 0.29) is 18.0 Å². The van der Waals surface area contributed by atoms with Crippen molar-refractivity contribution in [1.82, 2.24) is 4.98 Å². The fraction of sp³-hybridized carbons (Fsp3) is 0.0909. The highest BCUT2D eigenvalue weighted by Gasteiger charge is 2.18. The number of aromatic hydroxyl groups is 1. The summed E-state index contributed by atoms with van der Waals surface area (Å²) in [6.07, 6.45) is 0. The molecule has 1 aromatic carbocycles. The van der Waals surface area contributed by atoms with Gasteiger partial charge in [-0.15, -0.1) is 11.3 Å². The summed E-state index contributed by atoms with van der Waals surface area (Å²) in [6.45, 7) is 0.118. The maximum atomic E-state index is 10.9. The second-order valence-electron chi connectivity index (χ2n) is 3.32. The van der Waals surface area contributed by atoms with Gasteiger partial charge in [0.2, 0.25) is 0 Å². The van der Waals surface area contributed by atoms with Gasteiger partial charge < -0.3 is 15.9 Å². The molecule has 0 radical (unpaired) electrons. The Morgan fingerprint density at radius 2 is 2.12 bits per heavy atom. The van der Waals surface area contributed by atoms with E-state index in [0.29, 0.717) is 15.4 Å². The molecule has 0 spiro atoms. The summed E-state index contributed by atoms with van der Waals surface area (Å²) in [5.74, 6) is -1.04. The first-order valence-corrected chi connectivity index (χ1v) is 5.66. The second-order valence-corrected chi connectivity index (χ2v) is 4.40. The van der Waals surface area contributed by atoms with Crippen molar-refractivity contribution < 1.29 is 15.0 Å². The molecule has 0 fully saturated rings. The minimum absolute atomic E-state index is 0.0456. The Morgan fingerprint density at radius 3 is 2.65 bits per heavy atom. The van der Waals surface area contributed by atoms with Gasteiger partial charge in [0.1, 0.15) is 10.8 Å². The average molecular weight is 250 g/mol. The molecule has 0 saturated heterocycles. The Balaban J connectivity index is 2.54. The van der Waals surface area contributed by atoms with Crippen LogP contribution in [-0.2, 0) is 6.54 Å². The maximum Gasteiger partial charge on any atom is 0.355 e. The molecule has 17 heavy (non-hydrogen) atoms. The number of carbonyl (C=O) groups is 1. The first-order valence-electron chi connectivity index (χ1n) is 4.85. The standard InChI is InChI=1S/C11H10N2O3S/c12-5-8-9(11(15)16)13-10(17-8)6-3-1-2-4-7(6)14/h1-4,14H,5,12H2,(H,15,16). The molecule has 0 amide bonds. The SMILES string of the molecule is NCc1sc(-c2ccccc2O)nc1C(=O)O. The number of nitrogens with zero attached hydrogens (tertiary/aromatic N) is 1. The number of hydrogen-bond donors (Lipinski definition) is 3. The minimum Gasteiger partial charge on any atom is -0.507 e. The Bertz CT molecular complexity index is 566. The molecule has 0 atom stereocenters. The molecular weight excluding hydrogens is 240 g/mol. The van der Waals surface area contributed by atoms with Gasteiger partial charge in [0, 0.05) is 6.54 Å². The first-order chi connectivity index (χ1) is 8.13. The Morgan fingerprint density at radius 1 is 1.41 bits per heavy atom. The third kappa shape index (κ3) is 2.13. The van der Waals surface area contributed by atoms with Gasteiger partial charge in [-0.2, -0.15) is 0 Å². The fourth-order valence-electron chi connectivity index (χ4n) is 1.43. The lowest BCUT2D eigenvalue weighted by atomic mass is 10.2. The molecule has 0 aliphatic heterocycles. The van der Waals surface area contributed by atoms with Crippen LogP contribution in [0.25, 0.3) is 10.6 Å². The van der Waals surface area contributed by atoms with E-state index in [9.17, 15) is 9.90 Å². The lowest BCUT2D eigenvalue weighted by Gasteiger charge is -1.98. The number of thiazole rings is 1. The summed E-state index contributed by atoms with van der Waals surface area (Å²) in [5.41, 5.74) is 5.93. The highest BCUT2D eigenvalue weighted by atomic mass is 32.1. The van der Waals surface area contributed by atoms with Crippen LogP contribution in [0.4, 0.5) is 0 Å². The van der Waals surface area contributed by atoms with E-state index in [4.69, 9.17) is 10.8 Å². The molecule has 0 aliphatic rings. The molecule has 1 heterocycles. The molecule has 88 valence electrons. The van der Waals surface area contributed by atoms with Gasteiger partial charge in [0.15, 0.2) is 5.69 Å². The lowest BCUT2D eigenvalue weighted by Crippen LogP contribution is -2.04. The number of benzene rings is 1. The number of para-hydroxylation sites is 1. The third-order valence-electron chi connectivity index (χ3n) is 2.22. The van der Waals surface area contributed by atoms with Crippen molar-refractivity contribution >= 4 is 17.3 Å². The zero-order chi connectivity index (χ0) is 12.4. The number of hydrogen-bond acceptors (Lipinski definition) is 5. The number of phenolic OH excluding ortho intramolecular Hbond substituents is 1. The summed E-state index contributed by atoms with van der Waals surface area (Å²) in [5, 5.41) is 19.1. The normalized spacial score (nSPS) is 10.4. The van der Waals surface area contributed by atoms with Crippen molar-refractivity contribution in [3.63, 3.8) is 0 Å². The van der Waals surface area contributed by atoms with Crippen LogP contribution in [0.15, 0.2) is 24.3 Å². The summed E-state index contributed by atoms with van der Waals surface area (Å²) in [7, 11) is 0. The van der Waals surface area contributed by atoms with Crippen LogP contribution in [0, 0.1) is 0 Å². The molecular formula is C11H10N2O3S. The van der Waals surface area contributed by atoms with Gasteiger partial charge in [0.25, 0.3) is 0 Å². The van der Waals surface area contributed by atoms with Crippen molar-refractivity contribution in [3.05, 3.63) is 34.8 Å². The van der Waals surface area contributed by atoms with Crippen molar-refractivity contribution in [1.29, 1.82) is 0 Å². The zero-order valence-electron chi connectivity index (χ0n) is 8.75. The Hall–Kier alpha value is -1.92. The van der Waals surface area contributed by atoms with Crippen molar-refractivity contribution in [2.75, 3.05) is 0 Å². The molecule has 0 aliphatic carbocycles. The average Bonchev–Trinajstić information content (AvgIpc) is 2.73. The van der Waals surface area contributed by atoms with E-state index in [1.165, 1.54) is 17.4 Å². The summed E-state index contributed by atoms with van der Waals surface area (Å²) < 4.78 is 0. The quantitative estimate of drug-likeness (QED) is 0.770. The molecule has 0 unspecified atom stereocenters. The van der Waals surface area contributed by atoms with Gasteiger partial charge in [0.05, 0.1) is 10.4 Å². The number of aromatic nitrogens is 1. The van der Waals surface area contributed by atoms with Gasteiger partial charge in [-0.25, -0.2) is 9.78 Å². The van der Waals surface area contributed by atoms with E-state index in [1.54, 1.807) is 18.2 Å². The molecule has 1 aromatic heterocycles. The van der Waals surface area contributed by atoms with Crippen molar-refractivity contribution in [2.45, 2.75) is 6.54 Å². The smallest absolute Gasteiger partial charge is 0.355 e. The predicted octanol–water partition coefficient (Wildman–Crippen LogP) is 1.67. The Kier molecular flexibility index (Phi) is 3.08. The molecule has 5 nitrogen and oxygen atoms in total. The number of phenols is 1. The number of carboxylic acids is 1. The van der Waals surface area contributed by atoms with E-state index in [2.05, 4.69) is 4.98 Å². The first kappa shape index (κ1) is 11.6. The van der Waals surface area contributed by atoms with Crippen LogP contribution in [-0.4, -0.2) is 21.2 Å². The highest BCUT2D eigenvalue weighted by molar-refractivity contribution is 7.15. The van der Waals surface area contributed by atoms with Crippen LogP contribution >= 0.6 is 11.3 Å². The monoisotopic (exact) mass is 250 g/mol. The summed E-state index contributed by atoms with van der Waals surface area (Å²) in [4.78, 5) is 15.4. The van der Waals surface area contributed by atoms with Crippen molar-refractivity contribution in [3.8, 4) is 16.3 Å². The number of carboxylic acid groups (broad SMARTS) is 1. The highest BCUT2D eigenvalue weighted by Crippen LogP contribution is 2.33. The van der Waals surface area contributed by atoms with Crippen LogP contribution in [0.3, 0.4) is 0 Å². The third-order valence-corrected chi connectivity index (χ3v) is 3.33. The van der Waals surface area contributed by atoms with Gasteiger partial charge >= 0.3 is 5.97 Å². The van der Waals surface area contributed by atoms with E-state index in [0.717, 1.165) is 0 Å². The van der Waals surface area contributed by atoms with E-state index < -0.39 is 5.97 Å². The maximum absolute atomic E-state index is 10.9.